The molecule has 4 nitrogen and oxygen atoms in total. The van der Waals surface area contributed by atoms with E-state index in [0.717, 1.165) is 9.23 Å². The van der Waals surface area contributed by atoms with E-state index in [1.54, 1.807) is 42.6 Å². The van der Waals surface area contributed by atoms with Crippen LogP contribution in [-0.4, -0.2) is 38.5 Å². The van der Waals surface area contributed by atoms with Gasteiger partial charge in [-0.25, -0.2) is 0 Å². The molecule has 2 radical (unpaired) electrons. The van der Waals surface area contributed by atoms with Crippen LogP contribution >= 0.6 is 0 Å². The number of benzene rings is 1. The number of fused-ring (bicyclic) bond motifs is 1. The zero-order chi connectivity index (χ0) is 16.7. The molecule has 2 aromatic heterocycles. The first-order chi connectivity index (χ1) is 10.8. The third-order valence-corrected chi connectivity index (χ3v) is 8.68. The maximum absolute atomic E-state index is 12.8. The first-order valence-electron chi connectivity index (χ1n) is 7.34. The van der Waals surface area contributed by atoms with Gasteiger partial charge in [0.2, 0.25) is 0 Å². The van der Waals surface area contributed by atoms with E-state index in [1.165, 1.54) is 3.97 Å². The van der Waals surface area contributed by atoms with Crippen LogP contribution in [0.25, 0.3) is 11.0 Å². The molecule has 3 rings (SSSR count). The molecule has 118 valence electrons. The molecule has 0 bridgehead atoms. The fourth-order valence-corrected chi connectivity index (χ4v) is 6.90. The van der Waals surface area contributed by atoms with E-state index in [-0.39, 0.29) is 4.90 Å². The molecule has 0 saturated carbocycles. The summed E-state index contributed by atoms with van der Waals surface area (Å²) in [5, 5.41) is 0. The number of hydrogen-bond acceptors (Lipinski definition) is 3. The van der Waals surface area contributed by atoms with Gasteiger partial charge in [0, 0.05) is 0 Å². The van der Waals surface area contributed by atoms with Crippen LogP contribution in [0.2, 0.25) is 3.43 Å². The molecule has 0 aliphatic rings. The molecule has 2 heterocycles. The van der Waals surface area contributed by atoms with Crippen molar-refractivity contribution in [1.82, 2.24) is 8.96 Å². The van der Waals surface area contributed by atoms with E-state index < -0.39 is 31.2 Å². The predicted octanol–water partition coefficient (Wildman–Crippen LogP) is 2.82. The summed E-state index contributed by atoms with van der Waals surface area (Å²) < 4.78 is 28.3. The van der Waals surface area contributed by atoms with E-state index >= 15 is 0 Å². The molecule has 0 aliphatic carbocycles. The Balaban J connectivity index is 2.07. The average Bonchev–Trinajstić information content (AvgIpc) is 2.90. The Labute approximate surface area is 146 Å². The fourth-order valence-electron chi connectivity index (χ4n) is 2.36. The van der Waals surface area contributed by atoms with E-state index in [2.05, 4.69) is 25.8 Å². The first kappa shape index (κ1) is 16.5. The summed E-state index contributed by atoms with van der Waals surface area (Å²) in [4.78, 5) is 4.96. The van der Waals surface area contributed by atoms with E-state index in [4.69, 9.17) is 0 Å². The molecule has 3 aromatic rings. The van der Waals surface area contributed by atoms with Gasteiger partial charge >= 0.3 is 147 Å². The van der Waals surface area contributed by atoms with Crippen LogP contribution in [-0.2, 0) is 10.0 Å². The first-order valence-corrected chi connectivity index (χ1v) is 11.6. The summed E-state index contributed by atoms with van der Waals surface area (Å²) >= 11 is -0.810. The van der Waals surface area contributed by atoms with Gasteiger partial charge in [-0.2, -0.15) is 0 Å². The van der Waals surface area contributed by atoms with Gasteiger partial charge < -0.3 is 0 Å². The molecule has 0 saturated heterocycles. The zero-order valence-electron chi connectivity index (χ0n) is 13.3. The van der Waals surface area contributed by atoms with Gasteiger partial charge in [-0.05, 0) is 0 Å². The van der Waals surface area contributed by atoms with Crippen molar-refractivity contribution in [1.29, 1.82) is 0 Å². The summed E-state index contributed by atoms with van der Waals surface area (Å²) in [7, 11) is -3.58. The molecule has 0 fully saturated rings. The van der Waals surface area contributed by atoms with Crippen molar-refractivity contribution in [2.75, 3.05) is 0 Å². The second kappa shape index (κ2) is 5.94. The van der Waals surface area contributed by atoms with Gasteiger partial charge in [0.25, 0.3) is 0 Å². The van der Waals surface area contributed by atoms with Crippen LogP contribution < -0.4 is 3.71 Å². The van der Waals surface area contributed by atoms with Crippen molar-refractivity contribution in [3.8, 4) is 0 Å². The molecule has 1 aromatic carbocycles. The maximum atomic E-state index is 12.8. The van der Waals surface area contributed by atoms with Gasteiger partial charge in [0.05, 0.1) is 0 Å². The molecular formula is C17H18N2O2SSn. The normalized spacial score (nSPS) is 12.7. The molecule has 0 atom stereocenters. The Morgan fingerprint density at radius 2 is 1.70 bits per heavy atom. The van der Waals surface area contributed by atoms with Crippen molar-refractivity contribution in [2.45, 2.75) is 29.1 Å². The van der Waals surface area contributed by atoms with Crippen LogP contribution in [0.15, 0.2) is 59.6 Å². The summed E-state index contributed by atoms with van der Waals surface area (Å²) in [5.41, 5.74) is 1.37. The molecule has 0 N–H and O–H groups in total. The second-order valence-corrected chi connectivity index (χ2v) is 14.7. The van der Waals surface area contributed by atoms with Gasteiger partial charge in [-0.3, -0.25) is 0 Å². The van der Waals surface area contributed by atoms with Crippen molar-refractivity contribution < 1.29 is 8.42 Å². The van der Waals surface area contributed by atoms with Crippen LogP contribution in [0, 0.1) is 0 Å². The third kappa shape index (κ3) is 3.45. The zero-order valence-corrected chi connectivity index (χ0v) is 17.0. The van der Waals surface area contributed by atoms with Crippen molar-refractivity contribution >= 4 is 45.9 Å². The monoisotopic (exact) mass is 434 g/mol. The second-order valence-electron chi connectivity index (χ2n) is 6.41. The van der Waals surface area contributed by atoms with E-state index in [9.17, 15) is 8.42 Å². The molecule has 0 spiro atoms. The Morgan fingerprint density at radius 1 is 1.00 bits per heavy atom. The average molecular weight is 433 g/mol. The molecule has 0 unspecified atom stereocenters. The molecule has 0 amide bonds. The summed E-state index contributed by atoms with van der Waals surface area (Å²) in [6, 6.07) is 14.1. The standard InChI is InChI=1S/C13H9N2O2S.C4H9.Sn/c16-18(17,11-5-2-1-3-6-11)15-10-8-12-13(15)7-4-9-14-12;1-4(2)3;/h1-8,10H;1-3H3;. The number of pyridine rings is 1. The van der Waals surface area contributed by atoms with Crippen LogP contribution in [0.1, 0.15) is 20.8 Å². The van der Waals surface area contributed by atoms with Crippen molar-refractivity contribution in [3.05, 3.63) is 54.7 Å². The van der Waals surface area contributed by atoms with Gasteiger partial charge in [-0.1, -0.05) is 0 Å². The quantitative estimate of drug-likeness (QED) is 0.598. The van der Waals surface area contributed by atoms with Crippen LogP contribution in [0.5, 0.6) is 0 Å². The number of rotatable bonds is 3. The van der Waals surface area contributed by atoms with Crippen molar-refractivity contribution in [2.24, 2.45) is 0 Å². The Hall–Kier alpha value is -1.34. The third-order valence-electron chi connectivity index (χ3n) is 3.31. The van der Waals surface area contributed by atoms with Crippen LogP contribution in [0.3, 0.4) is 0 Å². The Kier molecular flexibility index (Phi) is 4.27. The van der Waals surface area contributed by atoms with Gasteiger partial charge in [0.1, 0.15) is 0 Å². The summed E-state index contributed by atoms with van der Waals surface area (Å²) in [6.07, 6.45) is 1.59. The Morgan fingerprint density at radius 3 is 2.35 bits per heavy atom. The number of hydrogen-bond donors (Lipinski definition) is 0. The topological polar surface area (TPSA) is 52.0 Å². The van der Waals surface area contributed by atoms with Gasteiger partial charge in [0.15, 0.2) is 0 Å². The van der Waals surface area contributed by atoms with Gasteiger partial charge in [-0.15, -0.1) is 0 Å². The molecule has 0 aliphatic heterocycles. The Bertz CT molecular complexity index is 942. The minimum atomic E-state index is -3.58. The molecule has 23 heavy (non-hydrogen) atoms. The minimum absolute atomic E-state index is 0.285. The van der Waals surface area contributed by atoms with Crippen LogP contribution in [0.4, 0.5) is 0 Å². The van der Waals surface area contributed by atoms with E-state index in [1.807, 2.05) is 12.1 Å². The summed E-state index contributed by atoms with van der Waals surface area (Å²) in [5.74, 6) is 0. The molecular weight excluding hydrogens is 415 g/mol. The SMILES string of the molecule is C[C](C)(C)[Sn][c]1ccc2c(ccn2S(=O)(=O)c2ccccc2)n1. The van der Waals surface area contributed by atoms with E-state index in [0.29, 0.717) is 8.95 Å². The molecule has 6 heteroatoms. The fraction of sp³-hybridized carbons (Fsp3) is 0.235. The number of aromatic nitrogens is 2. The van der Waals surface area contributed by atoms with Crippen molar-refractivity contribution in [3.63, 3.8) is 0 Å². The summed E-state index contributed by atoms with van der Waals surface area (Å²) in [6.45, 7) is 6.70. The number of nitrogens with zero attached hydrogens (tertiary/aromatic N) is 2. The predicted molar refractivity (Wildman–Crippen MR) is 93.9 cm³/mol.